The van der Waals surface area contributed by atoms with Crippen LogP contribution in [0, 0.1) is 0 Å². The van der Waals surface area contributed by atoms with Crippen LogP contribution in [0.15, 0.2) is 58.3 Å². The van der Waals surface area contributed by atoms with Crippen LogP contribution in [0.1, 0.15) is 10.4 Å². The first-order valence-electron chi connectivity index (χ1n) is 6.93. The molecule has 2 rings (SSSR count). The zero-order valence-electron chi connectivity index (χ0n) is 13.4. The summed E-state index contributed by atoms with van der Waals surface area (Å²) in [7, 11) is -4.83. The number of carboxylic acid groups (broad SMARTS) is 1. The lowest BCUT2D eigenvalue weighted by Gasteiger charge is -2.12. The van der Waals surface area contributed by atoms with E-state index in [1.54, 1.807) is 0 Å². The molecular formula is C15H16N2O6S2. The quantitative estimate of drug-likeness (QED) is 0.777. The maximum absolute atomic E-state index is 12.3. The summed E-state index contributed by atoms with van der Waals surface area (Å²) in [4.78, 5) is 10.6. The molecule has 0 bridgehead atoms. The molecule has 0 spiro atoms. The van der Waals surface area contributed by atoms with Crippen molar-refractivity contribution >= 4 is 31.7 Å². The third kappa shape index (κ3) is 4.16. The number of anilines is 1. The molecule has 2 N–H and O–H groups in total. The van der Waals surface area contributed by atoms with Gasteiger partial charge in [0, 0.05) is 19.8 Å². The highest BCUT2D eigenvalue weighted by molar-refractivity contribution is 7.92. The predicted octanol–water partition coefficient (Wildman–Crippen LogP) is 1.44. The van der Waals surface area contributed by atoms with Crippen LogP contribution < -0.4 is 4.72 Å². The minimum absolute atomic E-state index is 0.0257. The van der Waals surface area contributed by atoms with Gasteiger partial charge >= 0.3 is 5.97 Å². The van der Waals surface area contributed by atoms with Crippen molar-refractivity contribution < 1.29 is 26.7 Å². The highest BCUT2D eigenvalue weighted by atomic mass is 32.2. The fourth-order valence-electron chi connectivity index (χ4n) is 1.90. The Morgan fingerprint density at radius 3 is 1.80 bits per heavy atom. The van der Waals surface area contributed by atoms with Crippen molar-refractivity contribution in [2.24, 2.45) is 0 Å². The van der Waals surface area contributed by atoms with Crippen LogP contribution in [0.25, 0.3) is 0 Å². The standard InChI is InChI=1S/C15H16N2O6S2/c1-17(2)25(22,23)14-9-7-13(8-10-14)24(20,21)16-12-5-3-11(4-6-12)15(18)19/h3-10,16H,1-2H3,(H,18,19). The molecule has 0 atom stereocenters. The molecule has 25 heavy (non-hydrogen) atoms. The van der Waals surface area contributed by atoms with Gasteiger partial charge in [-0.25, -0.2) is 25.9 Å². The minimum Gasteiger partial charge on any atom is -0.478 e. The molecule has 10 heteroatoms. The molecule has 0 fully saturated rings. The lowest BCUT2D eigenvalue weighted by atomic mass is 10.2. The second-order valence-electron chi connectivity index (χ2n) is 5.25. The summed E-state index contributed by atoms with van der Waals surface area (Å²) in [6, 6.07) is 9.97. The van der Waals surface area contributed by atoms with E-state index in [-0.39, 0.29) is 21.0 Å². The number of benzene rings is 2. The van der Waals surface area contributed by atoms with Crippen LogP contribution in [0.4, 0.5) is 5.69 Å². The minimum atomic E-state index is -3.93. The molecule has 0 unspecified atom stereocenters. The number of carbonyl (C=O) groups is 1. The molecule has 2 aromatic carbocycles. The van der Waals surface area contributed by atoms with Gasteiger partial charge < -0.3 is 5.11 Å². The monoisotopic (exact) mass is 384 g/mol. The topological polar surface area (TPSA) is 121 Å². The van der Waals surface area contributed by atoms with E-state index in [4.69, 9.17) is 5.11 Å². The molecule has 0 aromatic heterocycles. The molecule has 0 aliphatic rings. The number of carboxylic acids is 1. The van der Waals surface area contributed by atoms with Crippen LogP contribution in [-0.4, -0.2) is 46.3 Å². The van der Waals surface area contributed by atoms with Crippen molar-refractivity contribution in [2.45, 2.75) is 9.79 Å². The van der Waals surface area contributed by atoms with Gasteiger partial charge in [0.2, 0.25) is 10.0 Å². The zero-order valence-corrected chi connectivity index (χ0v) is 15.0. The maximum Gasteiger partial charge on any atom is 0.335 e. The van der Waals surface area contributed by atoms with Crippen LogP contribution in [0.2, 0.25) is 0 Å². The van der Waals surface area contributed by atoms with Gasteiger partial charge in [-0.3, -0.25) is 4.72 Å². The Labute approximate surface area is 145 Å². The van der Waals surface area contributed by atoms with Crippen molar-refractivity contribution in [3.63, 3.8) is 0 Å². The highest BCUT2D eigenvalue weighted by Crippen LogP contribution is 2.20. The van der Waals surface area contributed by atoms with Crippen molar-refractivity contribution in [1.29, 1.82) is 0 Å². The smallest absolute Gasteiger partial charge is 0.335 e. The molecule has 2 aromatic rings. The Hall–Kier alpha value is -2.43. The highest BCUT2D eigenvalue weighted by Gasteiger charge is 2.19. The maximum atomic E-state index is 12.3. The van der Waals surface area contributed by atoms with Gasteiger partial charge in [-0.05, 0) is 48.5 Å². The van der Waals surface area contributed by atoms with E-state index in [9.17, 15) is 21.6 Å². The van der Waals surface area contributed by atoms with E-state index in [0.29, 0.717) is 0 Å². The van der Waals surface area contributed by atoms with Crippen LogP contribution in [0.5, 0.6) is 0 Å². The molecule has 0 aliphatic heterocycles. The second kappa shape index (κ2) is 6.82. The first kappa shape index (κ1) is 18.9. The second-order valence-corrected chi connectivity index (χ2v) is 9.08. The molecule has 0 heterocycles. The molecule has 0 radical (unpaired) electrons. The SMILES string of the molecule is CN(C)S(=O)(=O)c1ccc(S(=O)(=O)Nc2ccc(C(=O)O)cc2)cc1. The Kier molecular flexibility index (Phi) is 5.16. The average Bonchev–Trinajstić information content (AvgIpc) is 2.55. The molecule has 0 saturated heterocycles. The van der Waals surface area contributed by atoms with Gasteiger partial charge in [-0.1, -0.05) is 0 Å². The van der Waals surface area contributed by atoms with E-state index in [1.807, 2.05) is 0 Å². The predicted molar refractivity (Wildman–Crippen MR) is 91.5 cm³/mol. The molecular weight excluding hydrogens is 368 g/mol. The van der Waals surface area contributed by atoms with Crippen molar-refractivity contribution in [3.05, 3.63) is 54.1 Å². The number of sulfonamides is 2. The number of hydrogen-bond acceptors (Lipinski definition) is 5. The number of rotatable bonds is 6. The molecule has 0 amide bonds. The number of hydrogen-bond donors (Lipinski definition) is 2. The van der Waals surface area contributed by atoms with E-state index < -0.39 is 26.0 Å². The first-order valence-corrected chi connectivity index (χ1v) is 9.85. The first-order chi connectivity index (χ1) is 11.5. The Bertz CT molecular complexity index is 979. The van der Waals surface area contributed by atoms with E-state index >= 15 is 0 Å². The van der Waals surface area contributed by atoms with Gasteiger partial charge in [0.05, 0.1) is 15.4 Å². The molecule has 8 nitrogen and oxygen atoms in total. The third-order valence-electron chi connectivity index (χ3n) is 3.30. The van der Waals surface area contributed by atoms with Gasteiger partial charge in [-0.15, -0.1) is 0 Å². The fraction of sp³-hybridized carbons (Fsp3) is 0.133. The van der Waals surface area contributed by atoms with E-state index in [0.717, 1.165) is 4.31 Å². The summed E-state index contributed by atoms with van der Waals surface area (Å²) in [5, 5.41) is 8.83. The Balaban J connectivity index is 2.26. The third-order valence-corrected chi connectivity index (χ3v) is 6.52. The van der Waals surface area contributed by atoms with Crippen molar-refractivity contribution in [2.75, 3.05) is 18.8 Å². The lowest BCUT2D eigenvalue weighted by molar-refractivity contribution is 0.0697. The summed E-state index contributed by atoms with van der Waals surface area (Å²) in [5.41, 5.74) is 0.219. The van der Waals surface area contributed by atoms with Gasteiger partial charge in [-0.2, -0.15) is 0 Å². The number of nitrogens with zero attached hydrogens (tertiary/aromatic N) is 1. The fourth-order valence-corrected chi connectivity index (χ4v) is 3.86. The number of aromatic carboxylic acids is 1. The molecule has 0 aliphatic carbocycles. The van der Waals surface area contributed by atoms with Gasteiger partial charge in [0.25, 0.3) is 10.0 Å². The molecule has 134 valence electrons. The summed E-state index contributed by atoms with van der Waals surface area (Å²) in [5.74, 6) is -1.12. The summed E-state index contributed by atoms with van der Waals surface area (Å²) >= 11 is 0. The summed E-state index contributed by atoms with van der Waals surface area (Å²) < 4.78 is 52.0. The zero-order chi connectivity index (χ0) is 18.8. The van der Waals surface area contributed by atoms with Crippen LogP contribution >= 0.6 is 0 Å². The normalized spacial score (nSPS) is 12.1. The van der Waals surface area contributed by atoms with E-state index in [1.165, 1.54) is 62.6 Å². The van der Waals surface area contributed by atoms with Gasteiger partial charge in [0.15, 0.2) is 0 Å². The summed E-state index contributed by atoms with van der Waals surface area (Å²) in [6.07, 6.45) is 0. The van der Waals surface area contributed by atoms with E-state index in [2.05, 4.69) is 4.72 Å². The lowest BCUT2D eigenvalue weighted by Crippen LogP contribution is -2.22. The average molecular weight is 384 g/mol. The van der Waals surface area contributed by atoms with Crippen molar-refractivity contribution in [3.8, 4) is 0 Å². The Morgan fingerprint density at radius 1 is 0.880 bits per heavy atom. The largest absolute Gasteiger partial charge is 0.478 e. The van der Waals surface area contributed by atoms with Crippen LogP contribution in [-0.2, 0) is 20.0 Å². The molecule has 0 saturated carbocycles. The van der Waals surface area contributed by atoms with Crippen LogP contribution in [0.3, 0.4) is 0 Å². The van der Waals surface area contributed by atoms with Crippen molar-refractivity contribution in [1.82, 2.24) is 4.31 Å². The van der Waals surface area contributed by atoms with Gasteiger partial charge in [0.1, 0.15) is 0 Å². The Morgan fingerprint density at radius 2 is 1.36 bits per heavy atom. The summed E-state index contributed by atoms with van der Waals surface area (Å²) in [6.45, 7) is 0. The number of nitrogens with one attached hydrogen (secondary N) is 1.